The summed E-state index contributed by atoms with van der Waals surface area (Å²) < 4.78 is 8.13. The molecule has 0 aliphatic heterocycles. The molecule has 2 heterocycles. The average molecular weight is 357 g/mol. The van der Waals surface area contributed by atoms with Crippen molar-refractivity contribution in [2.45, 2.75) is 25.8 Å². The van der Waals surface area contributed by atoms with Crippen molar-refractivity contribution in [1.82, 2.24) is 14.0 Å². The van der Waals surface area contributed by atoms with Crippen LogP contribution in [0.5, 0.6) is 0 Å². The van der Waals surface area contributed by atoms with E-state index in [2.05, 4.69) is 6.92 Å². The highest BCUT2D eigenvalue weighted by molar-refractivity contribution is 5.91. The van der Waals surface area contributed by atoms with Crippen LogP contribution in [0.15, 0.2) is 38.4 Å². The molecule has 3 rings (SSSR count). The molecule has 1 amide bonds. The Labute approximate surface area is 151 Å². The topological polar surface area (TPSA) is 77.5 Å². The van der Waals surface area contributed by atoms with Crippen LogP contribution in [-0.4, -0.2) is 27.0 Å². The fraction of sp³-hybridized carbons (Fsp3) is 0.421. The molecule has 138 valence electrons. The number of hydrogen-bond acceptors (Lipinski definition) is 4. The first-order valence-electron chi connectivity index (χ1n) is 8.56. The van der Waals surface area contributed by atoms with Crippen molar-refractivity contribution < 1.29 is 9.21 Å². The fourth-order valence-corrected chi connectivity index (χ4v) is 2.95. The molecule has 7 heteroatoms. The van der Waals surface area contributed by atoms with Crippen LogP contribution in [-0.2, 0) is 25.4 Å². The van der Waals surface area contributed by atoms with Gasteiger partial charge < -0.3 is 13.9 Å². The number of amides is 1. The summed E-state index contributed by atoms with van der Waals surface area (Å²) in [6.45, 7) is 2.55. The lowest BCUT2D eigenvalue weighted by Crippen LogP contribution is -2.37. The molecule has 0 radical (unpaired) electrons. The third kappa shape index (κ3) is 3.56. The van der Waals surface area contributed by atoms with Crippen molar-refractivity contribution >= 4 is 12.0 Å². The summed E-state index contributed by atoms with van der Waals surface area (Å²) in [6, 6.07) is 3.88. The van der Waals surface area contributed by atoms with E-state index in [0.717, 1.165) is 22.5 Å². The molecule has 2 atom stereocenters. The van der Waals surface area contributed by atoms with Crippen LogP contribution >= 0.6 is 0 Å². The number of aryl methyl sites for hydroxylation is 1. The highest BCUT2D eigenvalue weighted by Crippen LogP contribution is 2.47. The number of furan rings is 1. The van der Waals surface area contributed by atoms with Crippen LogP contribution in [0.25, 0.3) is 6.08 Å². The largest absolute Gasteiger partial charge is 0.464 e. The third-order valence-corrected chi connectivity index (χ3v) is 4.81. The quantitative estimate of drug-likeness (QED) is 0.760. The first kappa shape index (κ1) is 18.0. The Morgan fingerprint density at radius 1 is 1.35 bits per heavy atom. The molecule has 1 aliphatic rings. The monoisotopic (exact) mass is 357 g/mol. The summed E-state index contributed by atoms with van der Waals surface area (Å²) >= 11 is 0. The Hall–Kier alpha value is -2.83. The molecule has 0 saturated heterocycles. The maximum Gasteiger partial charge on any atom is 0.330 e. The zero-order valence-corrected chi connectivity index (χ0v) is 15.4. The van der Waals surface area contributed by atoms with Gasteiger partial charge in [0.1, 0.15) is 11.5 Å². The average Bonchev–Trinajstić information content (AvgIpc) is 3.16. The van der Waals surface area contributed by atoms with Gasteiger partial charge in [0.15, 0.2) is 0 Å². The molecular weight excluding hydrogens is 334 g/mol. The van der Waals surface area contributed by atoms with Gasteiger partial charge in [-0.3, -0.25) is 14.2 Å². The Kier molecular flexibility index (Phi) is 4.71. The standard InChI is InChI=1S/C19H23N3O4/c1-12-9-15(12)16-7-6-14(26-16)11-20(2)17(23)8-5-13-10-21(3)19(25)22(4)18(13)24/h5-8,10,12,15H,9,11H2,1-4H3/b8-5+. The molecule has 0 spiro atoms. The van der Waals surface area contributed by atoms with Crippen LogP contribution in [0, 0.1) is 5.92 Å². The number of aromatic nitrogens is 2. The van der Waals surface area contributed by atoms with Crippen LogP contribution in [0.3, 0.4) is 0 Å². The number of carbonyl (C=O) groups excluding carboxylic acids is 1. The summed E-state index contributed by atoms with van der Waals surface area (Å²) in [4.78, 5) is 37.6. The van der Waals surface area contributed by atoms with Gasteiger partial charge >= 0.3 is 5.69 Å². The first-order valence-corrected chi connectivity index (χ1v) is 8.56. The molecule has 2 unspecified atom stereocenters. The minimum atomic E-state index is -0.436. The fourth-order valence-electron chi connectivity index (χ4n) is 2.95. The summed E-state index contributed by atoms with van der Waals surface area (Å²) in [7, 11) is 4.64. The lowest BCUT2D eigenvalue weighted by atomic mass is 10.2. The number of likely N-dealkylation sites (N-methyl/N-ethyl adjacent to an activating group) is 1. The van der Waals surface area contributed by atoms with Gasteiger partial charge in [-0.1, -0.05) is 6.92 Å². The van der Waals surface area contributed by atoms with Crippen molar-refractivity contribution in [3.63, 3.8) is 0 Å². The van der Waals surface area contributed by atoms with Gasteiger partial charge in [0.05, 0.1) is 12.1 Å². The minimum Gasteiger partial charge on any atom is -0.464 e. The van der Waals surface area contributed by atoms with E-state index in [-0.39, 0.29) is 11.5 Å². The van der Waals surface area contributed by atoms with Crippen molar-refractivity contribution in [3.8, 4) is 0 Å². The van der Waals surface area contributed by atoms with Gasteiger partial charge in [-0.2, -0.15) is 0 Å². The number of carbonyl (C=O) groups is 1. The van der Waals surface area contributed by atoms with Crippen LogP contribution in [0.2, 0.25) is 0 Å². The third-order valence-electron chi connectivity index (χ3n) is 4.81. The van der Waals surface area contributed by atoms with E-state index < -0.39 is 11.2 Å². The highest BCUT2D eigenvalue weighted by atomic mass is 16.3. The lowest BCUT2D eigenvalue weighted by Gasteiger charge is -2.13. The van der Waals surface area contributed by atoms with E-state index in [1.54, 1.807) is 14.1 Å². The van der Waals surface area contributed by atoms with Gasteiger partial charge in [0.25, 0.3) is 5.56 Å². The summed E-state index contributed by atoms with van der Waals surface area (Å²) in [5, 5.41) is 0. The Bertz CT molecular complexity index is 979. The van der Waals surface area contributed by atoms with Gasteiger partial charge in [0.2, 0.25) is 5.91 Å². The SMILES string of the molecule is CC1CC1c1ccc(CN(C)C(=O)/C=C/c2cn(C)c(=O)n(C)c2=O)o1. The van der Waals surface area contributed by atoms with Crippen molar-refractivity contribution in [2.75, 3.05) is 7.05 Å². The van der Waals surface area contributed by atoms with Gasteiger partial charge in [0, 0.05) is 39.3 Å². The van der Waals surface area contributed by atoms with Crippen molar-refractivity contribution in [1.29, 1.82) is 0 Å². The van der Waals surface area contributed by atoms with Gasteiger partial charge in [-0.25, -0.2) is 4.79 Å². The molecule has 1 fully saturated rings. The zero-order valence-electron chi connectivity index (χ0n) is 15.4. The van der Waals surface area contributed by atoms with Gasteiger partial charge in [-0.05, 0) is 30.5 Å². The molecule has 2 aromatic rings. The molecule has 0 aromatic carbocycles. The number of nitrogens with zero attached hydrogens (tertiary/aromatic N) is 3. The second-order valence-electron chi connectivity index (χ2n) is 6.99. The van der Waals surface area contributed by atoms with Crippen molar-refractivity contribution in [2.24, 2.45) is 20.0 Å². The van der Waals surface area contributed by atoms with Crippen molar-refractivity contribution in [3.05, 3.63) is 62.3 Å². The van der Waals surface area contributed by atoms with E-state index in [1.165, 1.54) is 34.9 Å². The Morgan fingerprint density at radius 2 is 2.04 bits per heavy atom. The minimum absolute atomic E-state index is 0.251. The lowest BCUT2D eigenvalue weighted by molar-refractivity contribution is -0.125. The molecule has 0 bridgehead atoms. The molecule has 1 saturated carbocycles. The van der Waals surface area contributed by atoms with Crippen LogP contribution < -0.4 is 11.2 Å². The normalized spacial score (nSPS) is 19.1. The second kappa shape index (κ2) is 6.82. The zero-order chi connectivity index (χ0) is 19.0. The Morgan fingerprint density at radius 3 is 2.69 bits per heavy atom. The first-order chi connectivity index (χ1) is 12.3. The molecular formula is C19H23N3O4. The van der Waals surface area contributed by atoms with Crippen LogP contribution in [0.1, 0.15) is 36.3 Å². The summed E-state index contributed by atoms with van der Waals surface area (Å²) in [6.07, 6.45) is 5.33. The summed E-state index contributed by atoms with van der Waals surface area (Å²) in [5.41, 5.74) is -0.567. The molecule has 2 aromatic heterocycles. The molecule has 7 nitrogen and oxygen atoms in total. The highest BCUT2D eigenvalue weighted by Gasteiger charge is 2.36. The maximum absolute atomic E-state index is 12.3. The summed E-state index contributed by atoms with van der Waals surface area (Å²) in [5.74, 6) is 2.64. The van der Waals surface area contributed by atoms with E-state index in [1.807, 2.05) is 12.1 Å². The van der Waals surface area contributed by atoms with E-state index in [0.29, 0.717) is 18.4 Å². The Balaban J connectivity index is 1.68. The molecule has 26 heavy (non-hydrogen) atoms. The predicted octanol–water partition coefficient (Wildman–Crippen LogP) is 1.47. The number of rotatable bonds is 5. The van der Waals surface area contributed by atoms with E-state index >= 15 is 0 Å². The molecule has 1 aliphatic carbocycles. The second-order valence-corrected chi connectivity index (χ2v) is 6.99. The molecule has 0 N–H and O–H groups in total. The van der Waals surface area contributed by atoms with Gasteiger partial charge in [-0.15, -0.1) is 0 Å². The smallest absolute Gasteiger partial charge is 0.330 e. The predicted molar refractivity (Wildman–Crippen MR) is 97.7 cm³/mol. The van der Waals surface area contributed by atoms with Crippen LogP contribution in [0.4, 0.5) is 0 Å². The van der Waals surface area contributed by atoms with E-state index in [9.17, 15) is 14.4 Å². The van der Waals surface area contributed by atoms with E-state index in [4.69, 9.17) is 4.42 Å². The maximum atomic E-state index is 12.3. The number of hydrogen-bond donors (Lipinski definition) is 0.